The van der Waals surface area contributed by atoms with Crippen LogP contribution in [0, 0.1) is 6.92 Å². The number of ketones is 1. The van der Waals surface area contributed by atoms with Crippen molar-refractivity contribution < 1.29 is 28.6 Å². The van der Waals surface area contributed by atoms with Crippen LogP contribution in [-0.4, -0.2) is 35.1 Å². The molecule has 0 bridgehead atoms. The molecule has 0 aliphatic heterocycles. The summed E-state index contributed by atoms with van der Waals surface area (Å²) in [6.45, 7) is 6.42. The minimum absolute atomic E-state index is 0.104. The van der Waals surface area contributed by atoms with E-state index in [-0.39, 0.29) is 18.1 Å². The molecule has 1 aliphatic rings. The van der Waals surface area contributed by atoms with Crippen molar-refractivity contribution in [1.29, 1.82) is 0 Å². The number of Topliss-reactive ketones (excluding diaryl/α,β-unsaturated/α-hetero) is 1. The highest BCUT2D eigenvalue weighted by Gasteiger charge is 2.25. The van der Waals surface area contributed by atoms with Gasteiger partial charge in [-0.05, 0) is 79.1 Å². The Morgan fingerprint density at radius 2 is 1.94 bits per heavy atom. The smallest absolute Gasteiger partial charge is 0.303 e. The first-order valence-corrected chi connectivity index (χ1v) is 12.6. The summed E-state index contributed by atoms with van der Waals surface area (Å²) in [5.74, 6) is 1.60. The van der Waals surface area contributed by atoms with Gasteiger partial charge in [-0.1, -0.05) is 19.4 Å². The molecule has 4 rings (SSSR count). The van der Waals surface area contributed by atoms with Gasteiger partial charge in [0.1, 0.15) is 11.5 Å². The minimum atomic E-state index is -0.750. The van der Waals surface area contributed by atoms with Crippen molar-refractivity contribution in [2.75, 3.05) is 13.2 Å². The Hall–Kier alpha value is -3.61. The number of aryl methyl sites for hydroxylation is 3. The summed E-state index contributed by atoms with van der Waals surface area (Å²) in [5.41, 5.74) is 4.82. The summed E-state index contributed by atoms with van der Waals surface area (Å²) in [5, 5.41) is 9.09. The van der Waals surface area contributed by atoms with Crippen LogP contribution in [0.2, 0.25) is 0 Å². The third kappa shape index (κ3) is 5.96. The summed E-state index contributed by atoms with van der Waals surface area (Å²) in [4.78, 5) is 27.2. The quantitative estimate of drug-likeness (QED) is 0.239. The van der Waals surface area contributed by atoms with Gasteiger partial charge in [-0.2, -0.15) is 0 Å². The number of carboxylic acids is 1. The van der Waals surface area contributed by atoms with E-state index in [0.717, 1.165) is 60.3 Å². The molecule has 1 atom stereocenters. The molecule has 3 aromatic rings. The van der Waals surface area contributed by atoms with Gasteiger partial charge >= 0.3 is 5.97 Å². The number of carboxylic acid groups (broad SMARTS) is 1. The number of aromatic nitrogens is 1. The molecule has 1 N–H and O–H groups in total. The lowest BCUT2D eigenvalue weighted by molar-refractivity contribution is -0.137. The molecule has 1 heterocycles. The van der Waals surface area contributed by atoms with E-state index in [0.29, 0.717) is 30.6 Å². The zero-order chi connectivity index (χ0) is 25.7. The van der Waals surface area contributed by atoms with E-state index in [9.17, 15) is 9.59 Å². The highest BCUT2D eigenvalue weighted by molar-refractivity contribution is 5.92. The molecule has 1 aliphatic carbocycles. The number of hydrogen-bond donors (Lipinski definition) is 1. The maximum Gasteiger partial charge on any atom is 0.303 e. The Balaban J connectivity index is 1.31. The largest absolute Gasteiger partial charge is 0.493 e. The standard InChI is InChI=1S/C29H33NO6/c1-4-6-22-15-23(29-30-18(2)28(36-29)19(3)31)9-12-26(22)35-14-5-13-34-24-10-11-25-20(16-24)7-8-21(25)17-27(32)33/h9-12,15-16,21H,4-8,13-14,17H2,1-3H3,(H,32,33)/t21-/m0/s1. The number of nitrogens with zero attached hydrogens (tertiary/aromatic N) is 1. The highest BCUT2D eigenvalue weighted by atomic mass is 16.5. The van der Waals surface area contributed by atoms with Crippen LogP contribution in [0.15, 0.2) is 40.8 Å². The molecular formula is C29H33NO6. The number of ether oxygens (including phenoxy) is 2. The molecule has 0 unspecified atom stereocenters. The second-order valence-corrected chi connectivity index (χ2v) is 9.31. The number of carbonyl (C=O) groups excluding carboxylic acids is 1. The lowest BCUT2D eigenvalue weighted by Gasteiger charge is -2.13. The van der Waals surface area contributed by atoms with Crippen molar-refractivity contribution in [3.63, 3.8) is 0 Å². The van der Waals surface area contributed by atoms with E-state index in [1.165, 1.54) is 12.5 Å². The Labute approximate surface area is 211 Å². The summed E-state index contributed by atoms with van der Waals surface area (Å²) < 4.78 is 17.7. The van der Waals surface area contributed by atoms with Crippen LogP contribution in [0.3, 0.4) is 0 Å². The van der Waals surface area contributed by atoms with E-state index in [2.05, 4.69) is 11.9 Å². The van der Waals surface area contributed by atoms with Crippen LogP contribution < -0.4 is 9.47 Å². The number of rotatable bonds is 12. The van der Waals surface area contributed by atoms with Gasteiger partial charge in [0.2, 0.25) is 5.89 Å². The highest BCUT2D eigenvalue weighted by Crippen LogP contribution is 2.37. The van der Waals surface area contributed by atoms with E-state index in [1.807, 2.05) is 36.4 Å². The number of carbonyl (C=O) groups is 2. The predicted octanol–water partition coefficient (Wildman–Crippen LogP) is 6.16. The van der Waals surface area contributed by atoms with Gasteiger partial charge < -0.3 is 19.0 Å². The number of oxazole rings is 1. The van der Waals surface area contributed by atoms with Crippen molar-refractivity contribution in [2.45, 2.75) is 65.2 Å². The molecule has 36 heavy (non-hydrogen) atoms. The summed E-state index contributed by atoms with van der Waals surface area (Å²) >= 11 is 0. The molecule has 0 spiro atoms. The van der Waals surface area contributed by atoms with Crippen molar-refractivity contribution >= 4 is 11.8 Å². The first-order chi connectivity index (χ1) is 17.4. The molecule has 0 saturated heterocycles. The zero-order valence-electron chi connectivity index (χ0n) is 21.1. The van der Waals surface area contributed by atoms with Crippen LogP contribution in [0.1, 0.15) is 78.4 Å². The number of aliphatic carboxylic acids is 1. The van der Waals surface area contributed by atoms with E-state index < -0.39 is 5.97 Å². The molecule has 0 saturated carbocycles. The second kappa shape index (κ2) is 11.4. The van der Waals surface area contributed by atoms with Gasteiger partial charge in [0.05, 0.1) is 25.3 Å². The first-order valence-electron chi connectivity index (χ1n) is 12.6. The Morgan fingerprint density at radius 3 is 2.67 bits per heavy atom. The molecular weight excluding hydrogens is 458 g/mol. The molecule has 0 radical (unpaired) electrons. The van der Waals surface area contributed by atoms with Crippen LogP contribution in [0.4, 0.5) is 0 Å². The third-order valence-electron chi connectivity index (χ3n) is 6.50. The average Bonchev–Trinajstić information content (AvgIpc) is 3.42. The summed E-state index contributed by atoms with van der Waals surface area (Å²) in [7, 11) is 0. The first kappa shape index (κ1) is 25.5. The third-order valence-corrected chi connectivity index (χ3v) is 6.50. The number of hydrogen-bond acceptors (Lipinski definition) is 6. The van der Waals surface area contributed by atoms with Gasteiger partial charge in [0.25, 0.3) is 0 Å². The Morgan fingerprint density at radius 1 is 1.14 bits per heavy atom. The average molecular weight is 492 g/mol. The van der Waals surface area contributed by atoms with E-state index >= 15 is 0 Å². The zero-order valence-corrected chi connectivity index (χ0v) is 21.1. The molecule has 0 amide bonds. The molecule has 190 valence electrons. The van der Waals surface area contributed by atoms with E-state index in [1.54, 1.807) is 6.92 Å². The van der Waals surface area contributed by atoms with Gasteiger partial charge in [0, 0.05) is 18.9 Å². The topological polar surface area (TPSA) is 98.9 Å². The fraction of sp³-hybridized carbons (Fsp3) is 0.414. The maximum absolute atomic E-state index is 11.7. The van der Waals surface area contributed by atoms with Crippen LogP contribution in [0.5, 0.6) is 11.5 Å². The van der Waals surface area contributed by atoms with Crippen molar-refractivity contribution in [3.05, 3.63) is 64.5 Å². The minimum Gasteiger partial charge on any atom is -0.493 e. The monoisotopic (exact) mass is 491 g/mol. The molecule has 2 aromatic carbocycles. The maximum atomic E-state index is 11.7. The van der Waals surface area contributed by atoms with Gasteiger partial charge in [-0.3, -0.25) is 9.59 Å². The van der Waals surface area contributed by atoms with Gasteiger partial charge in [-0.25, -0.2) is 4.98 Å². The SMILES string of the molecule is CCCc1cc(-c2nc(C)c(C(C)=O)o2)ccc1OCCCOc1ccc2c(c1)CC[C@H]2CC(=O)O. The lowest BCUT2D eigenvalue weighted by Crippen LogP contribution is -2.07. The summed E-state index contributed by atoms with van der Waals surface area (Å²) in [6, 6.07) is 11.8. The van der Waals surface area contributed by atoms with E-state index in [4.69, 9.17) is 19.0 Å². The van der Waals surface area contributed by atoms with Crippen LogP contribution >= 0.6 is 0 Å². The van der Waals surface area contributed by atoms with Crippen molar-refractivity contribution in [3.8, 4) is 23.0 Å². The molecule has 7 nitrogen and oxygen atoms in total. The Kier molecular flexibility index (Phi) is 8.08. The molecule has 1 aromatic heterocycles. The van der Waals surface area contributed by atoms with Crippen LogP contribution in [0.25, 0.3) is 11.5 Å². The van der Waals surface area contributed by atoms with Gasteiger partial charge in [-0.15, -0.1) is 0 Å². The fourth-order valence-corrected chi connectivity index (χ4v) is 4.79. The molecule has 0 fully saturated rings. The Bertz CT molecular complexity index is 1240. The molecule has 7 heteroatoms. The van der Waals surface area contributed by atoms with Crippen LogP contribution in [-0.2, 0) is 17.6 Å². The van der Waals surface area contributed by atoms with Crippen molar-refractivity contribution in [1.82, 2.24) is 4.98 Å². The normalized spacial score (nSPS) is 14.5. The second-order valence-electron chi connectivity index (χ2n) is 9.31. The fourth-order valence-electron chi connectivity index (χ4n) is 4.79. The summed E-state index contributed by atoms with van der Waals surface area (Å²) in [6.07, 6.45) is 4.52. The predicted molar refractivity (Wildman–Crippen MR) is 136 cm³/mol. The van der Waals surface area contributed by atoms with Crippen molar-refractivity contribution in [2.24, 2.45) is 0 Å². The van der Waals surface area contributed by atoms with Gasteiger partial charge in [0.15, 0.2) is 11.5 Å². The lowest BCUT2D eigenvalue weighted by atomic mass is 9.98. The number of benzene rings is 2. The number of fused-ring (bicyclic) bond motifs is 1.